The van der Waals surface area contributed by atoms with Crippen LogP contribution in [-0.4, -0.2) is 11.6 Å². The molecule has 0 spiro atoms. The number of carbonyl (C=O) groups is 2. The molecular weight excluding hydrogens is 284 g/mol. The lowest BCUT2D eigenvalue weighted by Crippen LogP contribution is -2.53. The van der Waals surface area contributed by atoms with Gasteiger partial charge < -0.3 is 0 Å². The van der Waals surface area contributed by atoms with Gasteiger partial charge in [0.1, 0.15) is 11.6 Å². The Morgan fingerprint density at radius 3 is 2.43 bits per heavy atom. The van der Waals surface area contributed by atoms with Gasteiger partial charge in [0, 0.05) is 18.8 Å². The summed E-state index contributed by atoms with van der Waals surface area (Å²) in [5, 5.41) is 0. The maximum atomic E-state index is 12.2. The van der Waals surface area contributed by atoms with Crippen LogP contribution in [0.25, 0.3) is 0 Å². The van der Waals surface area contributed by atoms with Gasteiger partial charge in [0.05, 0.1) is 0 Å². The molecule has 0 amide bonds. The van der Waals surface area contributed by atoms with Crippen LogP contribution in [0.5, 0.6) is 0 Å². The van der Waals surface area contributed by atoms with E-state index in [0.717, 1.165) is 43.4 Å². The first-order chi connectivity index (χ1) is 10.9. The van der Waals surface area contributed by atoms with Gasteiger partial charge >= 0.3 is 0 Å². The molecule has 4 saturated carbocycles. The summed E-state index contributed by atoms with van der Waals surface area (Å²) < 4.78 is 0. The quantitative estimate of drug-likeness (QED) is 0.696. The largest absolute Gasteiger partial charge is 0.300 e. The summed E-state index contributed by atoms with van der Waals surface area (Å²) in [5.74, 6) is 4.25. The first kappa shape index (κ1) is 15.8. The van der Waals surface area contributed by atoms with Gasteiger partial charge in [-0.2, -0.15) is 0 Å². The molecule has 0 bridgehead atoms. The van der Waals surface area contributed by atoms with Crippen LogP contribution in [0.3, 0.4) is 0 Å². The summed E-state index contributed by atoms with van der Waals surface area (Å²) in [5.41, 5.74) is 0.660. The van der Waals surface area contributed by atoms with E-state index in [0.29, 0.717) is 28.8 Å². The fourth-order valence-corrected chi connectivity index (χ4v) is 7.71. The Morgan fingerprint density at radius 1 is 0.957 bits per heavy atom. The molecule has 0 aromatic heterocycles. The predicted molar refractivity (Wildman–Crippen MR) is 90.9 cm³/mol. The molecule has 0 aromatic carbocycles. The van der Waals surface area contributed by atoms with Crippen molar-refractivity contribution in [2.45, 2.75) is 78.6 Å². The number of carbonyl (C=O) groups excluding carboxylic acids is 2. The molecule has 0 heterocycles. The lowest BCUT2D eigenvalue weighted by Gasteiger charge is -2.60. The van der Waals surface area contributed by atoms with Crippen LogP contribution < -0.4 is 0 Å². The second-order valence-corrected chi connectivity index (χ2v) is 9.68. The number of rotatable bonds is 1. The number of fused-ring (bicyclic) bond motifs is 5. The molecule has 23 heavy (non-hydrogen) atoms. The lowest BCUT2D eigenvalue weighted by molar-refractivity contribution is -0.143. The van der Waals surface area contributed by atoms with Crippen molar-refractivity contribution < 1.29 is 9.59 Å². The van der Waals surface area contributed by atoms with Crippen LogP contribution in [-0.2, 0) is 9.59 Å². The van der Waals surface area contributed by atoms with Gasteiger partial charge in [-0.05, 0) is 86.4 Å². The average molecular weight is 316 g/mol. The molecule has 0 N–H and O–H groups in total. The first-order valence-electron chi connectivity index (χ1n) is 9.88. The Bertz CT molecular complexity index is 538. The van der Waals surface area contributed by atoms with E-state index in [1.807, 2.05) is 6.92 Å². The SMILES string of the molecule is CC(=O)[C@H]1CC[C@H]2[C@@H]3CC[C@@H]4CC(=O)CCC4(C)[C@@H]3CC[C@]12C. The Morgan fingerprint density at radius 2 is 1.70 bits per heavy atom. The Labute approximate surface area is 140 Å². The summed E-state index contributed by atoms with van der Waals surface area (Å²) in [6.45, 7) is 6.74. The number of hydrogen-bond donors (Lipinski definition) is 0. The number of ketones is 2. The molecule has 4 aliphatic rings. The molecule has 2 nitrogen and oxygen atoms in total. The van der Waals surface area contributed by atoms with Crippen molar-refractivity contribution in [3.05, 3.63) is 0 Å². The highest BCUT2D eigenvalue weighted by molar-refractivity contribution is 5.80. The molecule has 0 aliphatic heterocycles. The predicted octanol–water partition coefficient (Wildman–Crippen LogP) is 4.80. The number of hydrogen-bond acceptors (Lipinski definition) is 2. The normalized spacial score (nSPS) is 52.5. The maximum absolute atomic E-state index is 12.2. The van der Waals surface area contributed by atoms with E-state index in [9.17, 15) is 9.59 Å². The van der Waals surface area contributed by atoms with Gasteiger partial charge in [0.2, 0.25) is 0 Å². The minimum absolute atomic E-state index is 0.265. The minimum atomic E-state index is 0.265. The average Bonchev–Trinajstić information content (AvgIpc) is 2.85. The van der Waals surface area contributed by atoms with Crippen LogP contribution in [0, 0.1) is 40.4 Å². The van der Waals surface area contributed by atoms with Gasteiger partial charge in [-0.25, -0.2) is 0 Å². The Hall–Kier alpha value is -0.660. The van der Waals surface area contributed by atoms with E-state index in [1.165, 1.54) is 32.1 Å². The van der Waals surface area contributed by atoms with Gasteiger partial charge in [-0.3, -0.25) is 9.59 Å². The van der Waals surface area contributed by atoms with E-state index in [-0.39, 0.29) is 5.41 Å². The van der Waals surface area contributed by atoms with Crippen LogP contribution in [0.2, 0.25) is 0 Å². The molecular formula is C21H32O2. The second-order valence-electron chi connectivity index (χ2n) is 9.68. The van der Waals surface area contributed by atoms with Crippen molar-refractivity contribution in [2.75, 3.05) is 0 Å². The zero-order valence-corrected chi connectivity index (χ0v) is 15.1. The highest BCUT2D eigenvalue weighted by atomic mass is 16.1. The van der Waals surface area contributed by atoms with E-state index in [4.69, 9.17) is 0 Å². The fourth-order valence-electron chi connectivity index (χ4n) is 7.71. The topological polar surface area (TPSA) is 34.1 Å². The molecule has 4 rings (SSSR count). The highest BCUT2D eigenvalue weighted by Gasteiger charge is 2.60. The van der Waals surface area contributed by atoms with Crippen molar-refractivity contribution >= 4 is 11.6 Å². The van der Waals surface area contributed by atoms with Crippen LogP contribution >= 0.6 is 0 Å². The van der Waals surface area contributed by atoms with E-state index < -0.39 is 0 Å². The monoisotopic (exact) mass is 316 g/mol. The zero-order chi connectivity index (χ0) is 16.4. The molecule has 7 atom stereocenters. The first-order valence-corrected chi connectivity index (χ1v) is 9.88. The molecule has 0 aromatic rings. The molecule has 1 unspecified atom stereocenters. The summed E-state index contributed by atoms with van der Waals surface area (Å²) in [6, 6.07) is 0. The second kappa shape index (κ2) is 5.17. The van der Waals surface area contributed by atoms with E-state index in [2.05, 4.69) is 13.8 Å². The van der Waals surface area contributed by atoms with Gasteiger partial charge in [0.15, 0.2) is 0 Å². The highest BCUT2D eigenvalue weighted by Crippen LogP contribution is 2.67. The molecule has 128 valence electrons. The van der Waals surface area contributed by atoms with Gasteiger partial charge in [0.25, 0.3) is 0 Å². The van der Waals surface area contributed by atoms with Crippen LogP contribution in [0.4, 0.5) is 0 Å². The smallest absolute Gasteiger partial charge is 0.133 e. The lowest BCUT2D eigenvalue weighted by atomic mass is 9.44. The minimum Gasteiger partial charge on any atom is -0.300 e. The fraction of sp³-hybridized carbons (Fsp3) is 0.905. The Balaban J connectivity index is 1.63. The number of Topliss-reactive ketones (excluding diaryl/α,β-unsaturated/α-hetero) is 2. The van der Waals surface area contributed by atoms with E-state index in [1.54, 1.807) is 0 Å². The Kier molecular flexibility index (Phi) is 3.56. The third-order valence-electron chi connectivity index (χ3n) is 8.97. The van der Waals surface area contributed by atoms with Crippen molar-refractivity contribution in [1.29, 1.82) is 0 Å². The van der Waals surface area contributed by atoms with Crippen LogP contribution in [0.15, 0.2) is 0 Å². The molecule has 0 saturated heterocycles. The van der Waals surface area contributed by atoms with Gasteiger partial charge in [-0.15, -0.1) is 0 Å². The third-order valence-corrected chi connectivity index (χ3v) is 8.97. The van der Waals surface area contributed by atoms with Gasteiger partial charge in [-0.1, -0.05) is 13.8 Å². The van der Waals surface area contributed by atoms with Crippen molar-refractivity contribution in [1.82, 2.24) is 0 Å². The molecule has 0 radical (unpaired) electrons. The third kappa shape index (κ3) is 2.12. The summed E-state index contributed by atoms with van der Waals surface area (Å²) in [7, 11) is 0. The van der Waals surface area contributed by atoms with Crippen molar-refractivity contribution in [3.8, 4) is 0 Å². The van der Waals surface area contributed by atoms with E-state index >= 15 is 0 Å². The van der Waals surface area contributed by atoms with Crippen LogP contribution in [0.1, 0.15) is 78.6 Å². The standard InChI is InChI=1S/C21H32O2/c1-13(22)17-6-7-18-16-5-4-14-12-15(23)8-10-20(14,2)19(16)9-11-21(17,18)3/h14,16-19H,4-12H2,1-3H3/t14-,16+,17-,18+,19-,20?,21-/m1/s1. The molecule has 4 fully saturated rings. The van der Waals surface area contributed by atoms with Crippen molar-refractivity contribution in [2.24, 2.45) is 40.4 Å². The molecule has 4 aliphatic carbocycles. The summed E-state index contributed by atoms with van der Waals surface area (Å²) in [4.78, 5) is 24.1. The summed E-state index contributed by atoms with van der Waals surface area (Å²) in [6.07, 6.45) is 10.3. The summed E-state index contributed by atoms with van der Waals surface area (Å²) >= 11 is 0. The maximum Gasteiger partial charge on any atom is 0.133 e. The van der Waals surface area contributed by atoms with Crippen molar-refractivity contribution in [3.63, 3.8) is 0 Å². The zero-order valence-electron chi connectivity index (χ0n) is 15.1. The molecule has 2 heteroatoms.